The van der Waals surface area contributed by atoms with Crippen molar-refractivity contribution in [3.05, 3.63) is 45.5 Å². The lowest BCUT2D eigenvalue weighted by atomic mass is 10.2. The van der Waals surface area contributed by atoms with Gasteiger partial charge in [0.25, 0.3) is 5.56 Å². The highest BCUT2D eigenvalue weighted by Crippen LogP contribution is 2.20. The van der Waals surface area contributed by atoms with Crippen LogP contribution in [0.1, 0.15) is 5.82 Å². The molecule has 112 valence electrons. The van der Waals surface area contributed by atoms with Crippen LogP contribution in [-0.4, -0.2) is 19.9 Å². The second-order valence-electron chi connectivity index (χ2n) is 4.46. The highest BCUT2D eigenvalue weighted by atomic mass is 35.5. The van der Waals surface area contributed by atoms with E-state index in [0.717, 1.165) is 0 Å². The largest absolute Gasteiger partial charge is 0.383 e. The Morgan fingerprint density at radius 1 is 1.14 bits per heavy atom. The molecule has 0 aliphatic carbocycles. The van der Waals surface area contributed by atoms with Crippen LogP contribution >= 0.6 is 23.4 Å². The molecule has 2 aromatic heterocycles. The zero-order valence-electron chi connectivity index (χ0n) is 11.2. The summed E-state index contributed by atoms with van der Waals surface area (Å²) in [5, 5.41) is 1.37. The second kappa shape index (κ2) is 5.82. The van der Waals surface area contributed by atoms with Crippen molar-refractivity contribution < 1.29 is 0 Å². The van der Waals surface area contributed by atoms with E-state index in [4.69, 9.17) is 23.1 Å². The van der Waals surface area contributed by atoms with Crippen molar-refractivity contribution in [2.24, 2.45) is 0 Å². The average Bonchev–Trinajstić information content (AvgIpc) is 2.45. The van der Waals surface area contributed by atoms with E-state index in [1.165, 1.54) is 17.8 Å². The molecule has 0 fully saturated rings. The van der Waals surface area contributed by atoms with E-state index >= 15 is 0 Å². The molecule has 1 aromatic carbocycles. The van der Waals surface area contributed by atoms with Gasteiger partial charge in [-0.2, -0.15) is 0 Å². The quantitative estimate of drug-likeness (QED) is 0.493. The molecule has 0 aliphatic heterocycles. The number of fused-ring (bicyclic) bond motifs is 1. The summed E-state index contributed by atoms with van der Waals surface area (Å²) >= 11 is 7.16. The van der Waals surface area contributed by atoms with Gasteiger partial charge in [-0.1, -0.05) is 23.4 Å². The van der Waals surface area contributed by atoms with Gasteiger partial charge in [0.2, 0.25) is 0 Å². The molecule has 0 saturated heterocycles. The Morgan fingerprint density at radius 3 is 2.59 bits per heavy atom. The van der Waals surface area contributed by atoms with E-state index in [9.17, 15) is 4.79 Å². The molecule has 22 heavy (non-hydrogen) atoms. The molecule has 0 amide bonds. The van der Waals surface area contributed by atoms with Crippen molar-refractivity contribution in [2.75, 3.05) is 11.5 Å². The number of H-pyrrole nitrogens is 1. The fourth-order valence-corrected chi connectivity index (χ4v) is 2.80. The minimum atomic E-state index is -0.240. The van der Waals surface area contributed by atoms with Crippen LogP contribution < -0.4 is 17.0 Å². The van der Waals surface area contributed by atoms with Gasteiger partial charge in [0.1, 0.15) is 17.5 Å². The first kappa shape index (κ1) is 14.6. The van der Waals surface area contributed by atoms with E-state index in [0.29, 0.717) is 44.3 Å². The number of nitrogens with zero attached hydrogens (tertiary/aromatic N) is 3. The molecule has 0 radical (unpaired) electrons. The molecule has 0 saturated carbocycles. The second-order valence-corrected chi connectivity index (χ2v) is 5.84. The van der Waals surface area contributed by atoms with Gasteiger partial charge in [0, 0.05) is 11.1 Å². The van der Waals surface area contributed by atoms with Crippen molar-refractivity contribution in [1.29, 1.82) is 0 Å². The lowest BCUT2D eigenvalue weighted by molar-refractivity contribution is 0.973. The number of nitrogens with two attached hydrogens (primary N) is 2. The standard InChI is InChI=1S/C13H11ClN6OS/c14-6-1-2-8-7(3-6)12(21)20-11(17-8)5-22-13-18-9(15)4-10(16)19-13/h1-4H,5H2,(H,17,20,21)(H4,15,16,18,19). The van der Waals surface area contributed by atoms with Gasteiger partial charge in [-0.25, -0.2) is 15.0 Å². The fourth-order valence-electron chi connectivity index (χ4n) is 1.89. The van der Waals surface area contributed by atoms with Crippen molar-refractivity contribution in [1.82, 2.24) is 19.9 Å². The van der Waals surface area contributed by atoms with E-state index < -0.39 is 0 Å². The number of halogens is 1. The monoisotopic (exact) mass is 334 g/mol. The number of rotatable bonds is 3. The molecule has 0 aliphatic rings. The van der Waals surface area contributed by atoms with Gasteiger partial charge in [0.15, 0.2) is 5.16 Å². The van der Waals surface area contributed by atoms with Gasteiger partial charge in [-0.15, -0.1) is 0 Å². The molecule has 7 nitrogen and oxygen atoms in total. The highest BCUT2D eigenvalue weighted by molar-refractivity contribution is 7.98. The van der Waals surface area contributed by atoms with Gasteiger partial charge < -0.3 is 16.5 Å². The Bertz CT molecular complexity index is 892. The highest BCUT2D eigenvalue weighted by Gasteiger charge is 2.07. The van der Waals surface area contributed by atoms with Crippen molar-refractivity contribution in [3.63, 3.8) is 0 Å². The number of aromatic nitrogens is 4. The average molecular weight is 335 g/mol. The van der Waals surface area contributed by atoms with Gasteiger partial charge in [0.05, 0.1) is 16.7 Å². The summed E-state index contributed by atoms with van der Waals surface area (Å²) in [7, 11) is 0. The number of hydrogen-bond acceptors (Lipinski definition) is 7. The number of benzene rings is 1. The third kappa shape index (κ3) is 3.12. The minimum absolute atomic E-state index is 0.240. The van der Waals surface area contributed by atoms with Crippen molar-refractivity contribution in [2.45, 2.75) is 10.9 Å². The van der Waals surface area contributed by atoms with Crippen LogP contribution in [0.5, 0.6) is 0 Å². The van der Waals surface area contributed by atoms with Crippen LogP contribution in [0.4, 0.5) is 11.6 Å². The Hall–Kier alpha value is -2.32. The van der Waals surface area contributed by atoms with E-state index in [1.807, 2.05) is 0 Å². The molecule has 5 N–H and O–H groups in total. The SMILES string of the molecule is Nc1cc(N)nc(SCc2nc3ccc(Cl)cc3c(=O)[nH]2)n1. The lowest BCUT2D eigenvalue weighted by Crippen LogP contribution is -2.11. The van der Waals surface area contributed by atoms with E-state index in [2.05, 4.69) is 19.9 Å². The van der Waals surface area contributed by atoms with Crippen LogP contribution in [0.3, 0.4) is 0 Å². The van der Waals surface area contributed by atoms with Crippen LogP contribution in [0.15, 0.2) is 34.2 Å². The third-order valence-electron chi connectivity index (χ3n) is 2.80. The summed E-state index contributed by atoms with van der Waals surface area (Å²) in [4.78, 5) is 27.2. The first-order chi connectivity index (χ1) is 10.5. The Morgan fingerprint density at radius 2 is 1.86 bits per heavy atom. The lowest BCUT2D eigenvalue weighted by Gasteiger charge is -2.04. The van der Waals surface area contributed by atoms with Crippen LogP contribution in [-0.2, 0) is 5.75 Å². The van der Waals surface area contributed by atoms with Crippen LogP contribution in [0.2, 0.25) is 5.02 Å². The van der Waals surface area contributed by atoms with Crippen LogP contribution in [0, 0.1) is 0 Å². The van der Waals surface area contributed by atoms with Gasteiger partial charge in [-0.3, -0.25) is 4.79 Å². The summed E-state index contributed by atoms with van der Waals surface area (Å²) in [6.45, 7) is 0. The summed E-state index contributed by atoms with van der Waals surface area (Å²) < 4.78 is 0. The Kier molecular flexibility index (Phi) is 3.86. The molecular formula is C13H11ClN6OS. The zero-order valence-corrected chi connectivity index (χ0v) is 12.8. The summed E-state index contributed by atoms with van der Waals surface area (Å²) in [6.07, 6.45) is 0. The number of anilines is 2. The maximum atomic E-state index is 12.0. The minimum Gasteiger partial charge on any atom is -0.383 e. The summed E-state index contributed by atoms with van der Waals surface area (Å²) in [6, 6.07) is 6.45. The molecular weight excluding hydrogens is 324 g/mol. The van der Waals surface area contributed by atoms with Gasteiger partial charge >= 0.3 is 0 Å². The molecule has 0 spiro atoms. The summed E-state index contributed by atoms with van der Waals surface area (Å²) in [5.74, 6) is 1.49. The normalized spacial score (nSPS) is 11.0. The van der Waals surface area contributed by atoms with Crippen LogP contribution in [0.25, 0.3) is 10.9 Å². The number of nitrogen functional groups attached to an aromatic ring is 2. The number of nitrogens with one attached hydrogen (secondary N) is 1. The molecule has 0 bridgehead atoms. The number of thioether (sulfide) groups is 1. The third-order valence-corrected chi connectivity index (χ3v) is 3.89. The number of hydrogen-bond donors (Lipinski definition) is 3. The molecule has 2 heterocycles. The molecule has 3 aromatic rings. The summed E-state index contributed by atoms with van der Waals surface area (Å²) in [5.41, 5.74) is 11.6. The topological polar surface area (TPSA) is 124 Å². The predicted molar refractivity (Wildman–Crippen MR) is 87.8 cm³/mol. The van der Waals surface area contributed by atoms with E-state index in [1.54, 1.807) is 18.2 Å². The van der Waals surface area contributed by atoms with Crippen molar-refractivity contribution in [3.8, 4) is 0 Å². The number of aromatic amines is 1. The van der Waals surface area contributed by atoms with E-state index in [-0.39, 0.29) is 5.56 Å². The molecule has 3 rings (SSSR count). The zero-order chi connectivity index (χ0) is 15.7. The maximum absolute atomic E-state index is 12.0. The fraction of sp³-hybridized carbons (Fsp3) is 0.0769. The smallest absolute Gasteiger partial charge is 0.258 e. The first-order valence-electron chi connectivity index (χ1n) is 6.22. The first-order valence-corrected chi connectivity index (χ1v) is 7.59. The maximum Gasteiger partial charge on any atom is 0.258 e. The molecule has 0 unspecified atom stereocenters. The molecule has 0 atom stereocenters. The van der Waals surface area contributed by atoms with Gasteiger partial charge in [-0.05, 0) is 18.2 Å². The Balaban J connectivity index is 1.88. The predicted octanol–water partition coefficient (Wildman–Crippen LogP) is 1.82. The Labute approximate surface area is 134 Å². The molecule has 9 heteroatoms. The van der Waals surface area contributed by atoms with Crippen molar-refractivity contribution >= 4 is 45.9 Å².